The molecule has 1 aliphatic heterocycles. The minimum atomic E-state index is -0.149. The van der Waals surface area contributed by atoms with Crippen molar-refractivity contribution >= 4 is 12.0 Å². The molecular weight excluding hydrogens is 303 g/mol. The highest BCUT2D eigenvalue weighted by Gasteiger charge is 2.09. The van der Waals surface area contributed by atoms with Crippen molar-refractivity contribution in [2.75, 3.05) is 26.3 Å². The van der Waals surface area contributed by atoms with Crippen LogP contribution in [0.1, 0.15) is 22.3 Å². The van der Waals surface area contributed by atoms with Crippen molar-refractivity contribution in [2.24, 2.45) is 4.99 Å². The van der Waals surface area contributed by atoms with E-state index in [0.29, 0.717) is 6.42 Å². The van der Waals surface area contributed by atoms with Gasteiger partial charge in [0.1, 0.15) is 5.82 Å². The largest absolute Gasteiger partial charge is 0.378 e. The summed E-state index contributed by atoms with van der Waals surface area (Å²) in [5, 5.41) is 0. The Morgan fingerprint density at radius 2 is 1.83 bits per heavy atom. The van der Waals surface area contributed by atoms with Crippen molar-refractivity contribution in [1.29, 1.82) is 0 Å². The Morgan fingerprint density at radius 1 is 1.08 bits per heavy atom. The smallest absolute Gasteiger partial charge is 0.126 e. The lowest BCUT2D eigenvalue weighted by Crippen LogP contribution is -2.35. The third-order valence-corrected chi connectivity index (χ3v) is 4.40. The molecule has 2 aromatic carbocycles. The van der Waals surface area contributed by atoms with Crippen LogP contribution in [0.4, 0.5) is 10.1 Å². The fourth-order valence-corrected chi connectivity index (χ4v) is 2.87. The summed E-state index contributed by atoms with van der Waals surface area (Å²) in [7, 11) is 0. The van der Waals surface area contributed by atoms with Gasteiger partial charge in [-0.3, -0.25) is 0 Å². The van der Waals surface area contributed by atoms with E-state index in [2.05, 4.69) is 35.9 Å². The molecule has 126 valence electrons. The van der Waals surface area contributed by atoms with Gasteiger partial charge in [0, 0.05) is 19.5 Å². The van der Waals surface area contributed by atoms with Gasteiger partial charge in [-0.05, 0) is 48.2 Å². The molecule has 0 N–H and O–H groups in total. The first-order chi connectivity index (χ1) is 11.6. The van der Waals surface area contributed by atoms with Crippen LogP contribution in [-0.2, 0) is 11.2 Å². The van der Waals surface area contributed by atoms with Gasteiger partial charge < -0.3 is 9.64 Å². The minimum Gasteiger partial charge on any atom is -0.378 e. The van der Waals surface area contributed by atoms with E-state index in [0.717, 1.165) is 54.2 Å². The summed E-state index contributed by atoms with van der Waals surface area (Å²) in [4.78, 5) is 6.80. The van der Waals surface area contributed by atoms with E-state index in [9.17, 15) is 4.39 Å². The predicted octanol–water partition coefficient (Wildman–Crippen LogP) is 4.03. The molecule has 0 saturated carbocycles. The number of ether oxygens (including phenoxy) is 1. The fraction of sp³-hybridized carbons (Fsp3) is 0.350. The maximum Gasteiger partial charge on any atom is 0.126 e. The maximum atomic E-state index is 13.9. The number of aryl methyl sites for hydroxylation is 2. The van der Waals surface area contributed by atoms with Crippen LogP contribution in [0.15, 0.2) is 41.4 Å². The summed E-state index contributed by atoms with van der Waals surface area (Å²) in [5.41, 5.74) is 5.08. The zero-order valence-corrected chi connectivity index (χ0v) is 14.3. The zero-order chi connectivity index (χ0) is 16.9. The van der Waals surface area contributed by atoms with E-state index in [4.69, 9.17) is 4.74 Å². The van der Waals surface area contributed by atoms with Crippen LogP contribution < -0.4 is 0 Å². The van der Waals surface area contributed by atoms with Gasteiger partial charge in [0.15, 0.2) is 0 Å². The molecule has 1 fully saturated rings. The molecule has 0 aliphatic carbocycles. The Labute approximate surface area is 142 Å². The summed E-state index contributed by atoms with van der Waals surface area (Å²) in [5.74, 6) is -0.149. The van der Waals surface area contributed by atoms with Gasteiger partial charge in [0.2, 0.25) is 0 Å². The van der Waals surface area contributed by atoms with Gasteiger partial charge in [0.05, 0.1) is 25.2 Å². The Balaban J connectivity index is 1.78. The second kappa shape index (κ2) is 7.58. The van der Waals surface area contributed by atoms with Gasteiger partial charge in [-0.25, -0.2) is 9.38 Å². The van der Waals surface area contributed by atoms with Crippen LogP contribution in [0.5, 0.6) is 0 Å². The number of aliphatic imine (C=N–C) groups is 1. The molecule has 1 saturated heterocycles. The van der Waals surface area contributed by atoms with Crippen LogP contribution in [0.3, 0.4) is 0 Å². The predicted molar refractivity (Wildman–Crippen MR) is 95.7 cm³/mol. The molecule has 0 radical (unpaired) electrons. The third-order valence-electron chi connectivity index (χ3n) is 4.40. The average molecular weight is 326 g/mol. The van der Waals surface area contributed by atoms with Gasteiger partial charge in [0.25, 0.3) is 0 Å². The number of nitrogens with zero attached hydrogens (tertiary/aromatic N) is 2. The number of benzene rings is 2. The van der Waals surface area contributed by atoms with Crippen molar-refractivity contribution < 1.29 is 9.13 Å². The molecule has 0 unspecified atom stereocenters. The summed E-state index contributed by atoms with van der Waals surface area (Å²) < 4.78 is 19.2. The Kier molecular flexibility index (Phi) is 5.26. The van der Waals surface area contributed by atoms with E-state index in [1.807, 2.05) is 18.5 Å². The molecule has 4 heteroatoms. The second-order valence-corrected chi connectivity index (χ2v) is 6.23. The molecule has 24 heavy (non-hydrogen) atoms. The molecule has 0 bridgehead atoms. The summed E-state index contributed by atoms with van der Waals surface area (Å²) in [6.07, 6.45) is 2.51. The zero-order valence-electron chi connectivity index (χ0n) is 14.3. The summed E-state index contributed by atoms with van der Waals surface area (Å²) >= 11 is 0. The molecule has 0 atom stereocenters. The summed E-state index contributed by atoms with van der Waals surface area (Å²) in [6.45, 7) is 7.39. The number of halogens is 1. The first-order valence-corrected chi connectivity index (χ1v) is 8.33. The van der Waals surface area contributed by atoms with E-state index < -0.39 is 0 Å². The molecule has 3 rings (SSSR count). The molecular formula is C20H23FN2O. The van der Waals surface area contributed by atoms with Crippen LogP contribution >= 0.6 is 0 Å². The number of hydrogen-bond acceptors (Lipinski definition) is 2. The van der Waals surface area contributed by atoms with E-state index in [1.165, 1.54) is 6.07 Å². The quantitative estimate of drug-likeness (QED) is 0.626. The minimum absolute atomic E-state index is 0.149. The Morgan fingerprint density at radius 3 is 2.58 bits per heavy atom. The first-order valence-electron chi connectivity index (χ1n) is 8.33. The normalized spacial score (nSPS) is 15.2. The highest BCUT2D eigenvalue weighted by atomic mass is 19.1. The number of rotatable bonds is 4. The Hall–Kier alpha value is -2.20. The summed E-state index contributed by atoms with van der Waals surface area (Å²) in [6, 6.07) is 11.2. The second-order valence-electron chi connectivity index (χ2n) is 6.23. The topological polar surface area (TPSA) is 24.8 Å². The lowest BCUT2D eigenvalue weighted by Gasteiger charge is -2.24. The van der Waals surface area contributed by atoms with Gasteiger partial charge in [-0.1, -0.05) is 24.3 Å². The van der Waals surface area contributed by atoms with E-state index in [-0.39, 0.29) is 5.82 Å². The highest BCUT2D eigenvalue weighted by molar-refractivity contribution is 5.64. The monoisotopic (exact) mass is 326 g/mol. The van der Waals surface area contributed by atoms with Gasteiger partial charge in [-0.2, -0.15) is 0 Å². The molecule has 2 aromatic rings. The van der Waals surface area contributed by atoms with Crippen molar-refractivity contribution in [2.45, 2.75) is 20.3 Å². The first kappa shape index (κ1) is 16.7. The van der Waals surface area contributed by atoms with E-state index in [1.54, 1.807) is 6.07 Å². The number of morpholine rings is 1. The lowest BCUT2D eigenvalue weighted by atomic mass is 9.97. The van der Waals surface area contributed by atoms with Crippen LogP contribution in [0.25, 0.3) is 0 Å². The van der Waals surface area contributed by atoms with Crippen molar-refractivity contribution in [3.05, 3.63) is 64.5 Å². The maximum absolute atomic E-state index is 13.9. The van der Waals surface area contributed by atoms with Crippen molar-refractivity contribution in [1.82, 2.24) is 4.90 Å². The molecule has 3 nitrogen and oxygen atoms in total. The van der Waals surface area contributed by atoms with Gasteiger partial charge >= 0.3 is 0 Å². The number of hydrogen-bond donors (Lipinski definition) is 0. The molecule has 0 spiro atoms. The Bertz CT molecular complexity index is 736. The molecule has 1 heterocycles. The highest BCUT2D eigenvalue weighted by Crippen LogP contribution is 2.25. The lowest BCUT2D eigenvalue weighted by molar-refractivity contribution is 0.0701. The van der Waals surface area contributed by atoms with Gasteiger partial charge in [-0.15, -0.1) is 0 Å². The van der Waals surface area contributed by atoms with Crippen molar-refractivity contribution in [3.8, 4) is 0 Å². The molecule has 0 amide bonds. The fourth-order valence-electron chi connectivity index (χ4n) is 2.87. The molecule has 1 aliphatic rings. The standard InChI is InChI=1S/C20H23FN2O/c1-15-12-20(22-14-23-7-9-24-10-8-23)16(2)11-18(15)13-17-5-3-4-6-19(17)21/h3-6,11-12,14H,7-10,13H2,1-2H3/b22-14+. The van der Waals surface area contributed by atoms with Crippen molar-refractivity contribution in [3.63, 3.8) is 0 Å². The SMILES string of the molecule is Cc1cc(/N=C/N2CCOCC2)c(C)cc1Cc1ccccc1F. The van der Waals surface area contributed by atoms with Crippen LogP contribution in [-0.4, -0.2) is 37.5 Å². The van der Waals surface area contributed by atoms with Crippen LogP contribution in [0, 0.1) is 19.7 Å². The van der Waals surface area contributed by atoms with Crippen LogP contribution in [0.2, 0.25) is 0 Å². The third kappa shape index (κ3) is 4.01. The average Bonchev–Trinajstić information content (AvgIpc) is 2.59. The molecule has 0 aromatic heterocycles. The van der Waals surface area contributed by atoms with E-state index >= 15 is 0 Å².